The number of likely N-dealkylation sites (N-methyl/N-ethyl adjacent to an activating group) is 1. The molecule has 9 heteroatoms. The quantitative estimate of drug-likeness (QED) is 0.642. The summed E-state index contributed by atoms with van der Waals surface area (Å²) in [5.41, 5.74) is 1.20. The lowest BCUT2D eigenvalue weighted by Crippen LogP contribution is -2.46. The summed E-state index contributed by atoms with van der Waals surface area (Å²) >= 11 is 0. The van der Waals surface area contributed by atoms with Crippen LogP contribution in [0, 0.1) is 23.5 Å². The Morgan fingerprint density at radius 1 is 1.14 bits per heavy atom. The number of nitrogens with zero attached hydrogens (tertiary/aromatic N) is 2. The third-order valence-electron chi connectivity index (χ3n) is 7.17. The van der Waals surface area contributed by atoms with Crippen LogP contribution < -0.4 is 10.1 Å². The number of methoxy groups -OCH3 is 1. The number of amides is 2. The topological polar surface area (TPSA) is 71.1 Å². The minimum Gasteiger partial charge on any atom is -0.491 e. The second-order valence-corrected chi connectivity index (χ2v) is 10.2. The number of fused-ring (bicyclic) bond motifs is 1. The summed E-state index contributed by atoms with van der Waals surface area (Å²) in [6.45, 7) is 5.21. The first kappa shape index (κ1) is 27.0. The predicted molar refractivity (Wildman–Crippen MR) is 136 cm³/mol. The van der Waals surface area contributed by atoms with Gasteiger partial charge in [0.05, 0.1) is 11.7 Å². The lowest BCUT2D eigenvalue weighted by atomic mass is 10.0. The van der Waals surface area contributed by atoms with Gasteiger partial charge < -0.3 is 19.7 Å². The number of benzene rings is 2. The molecule has 3 atom stereocenters. The van der Waals surface area contributed by atoms with Gasteiger partial charge in [-0.1, -0.05) is 6.92 Å². The maximum Gasteiger partial charge on any atom is 0.257 e. The molecule has 2 aromatic carbocycles. The van der Waals surface area contributed by atoms with E-state index in [0.29, 0.717) is 30.1 Å². The molecule has 4 rings (SSSR count). The van der Waals surface area contributed by atoms with Crippen LogP contribution in [-0.2, 0) is 16.1 Å². The van der Waals surface area contributed by atoms with Gasteiger partial charge in [0, 0.05) is 63.1 Å². The van der Waals surface area contributed by atoms with Gasteiger partial charge in [0.25, 0.3) is 5.91 Å². The summed E-state index contributed by atoms with van der Waals surface area (Å²) in [4.78, 5) is 29.3. The van der Waals surface area contributed by atoms with Gasteiger partial charge in [0.2, 0.25) is 5.91 Å². The van der Waals surface area contributed by atoms with Gasteiger partial charge in [0.1, 0.15) is 24.0 Å². The number of carbonyl (C=O) groups excluding carboxylic acids is 2. The van der Waals surface area contributed by atoms with E-state index < -0.39 is 11.6 Å². The summed E-state index contributed by atoms with van der Waals surface area (Å²) in [7, 11) is 3.32. The highest BCUT2D eigenvalue weighted by Crippen LogP contribution is 2.32. The van der Waals surface area contributed by atoms with E-state index in [-0.39, 0.29) is 54.5 Å². The van der Waals surface area contributed by atoms with Crippen LogP contribution in [-0.4, -0.2) is 67.6 Å². The fourth-order valence-corrected chi connectivity index (χ4v) is 4.62. The molecule has 0 saturated heterocycles. The largest absolute Gasteiger partial charge is 0.491 e. The SMILES string of the molecule is CO[C@H]1CN(C)C(=O)c2ccc(NC(=O)C3CC3)cc2OC[C@H](C)N(Cc2cc(F)ccc2F)C[C@@H]1C. The molecule has 1 aliphatic carbocycles. The third kappa shape index (κ3) is 6.64. The Hall–Kier alpha value is -3.04. The number of hydrogen-bond acceptors (Lipinski definition) is 5. The Kier molecular flexibility index (Phi) is 8.44. The molecule has 7 nitrogen and oxygen atoms in total. The van der Waals surface area contributed by atoms with E-state index >= 15 is 0 Å². The highest BCUT2D eigenvalue weighted by Gasteiger charge is 2.31. The first-order chi connectivity index (χ1) is 17.7. The lowest BCUT2D eigenvalue weighted by molar-refractivity contribution is -0.117. The molecule has 37 heavy (non-hydrogen) atoms. The molecule has 2 aromatic rings. The molecular weight excluding hydrogens is 480 g/mol. The van der Waals surface area contributed by atoms with Crippen molar-refractivity contribution < 1.29 is 27.8 Å². The van der Waals surface area contributed by atoms with Gasteiger partial charge in [0.15, 0.2) is 0 Å². The van der Waals surface area contributed by atoms with Crippen LogP contribution in [0.1, 0.15) is 42.6 Å². The van der Waals surface area contributed by atoms with Gasteiger partial charge in [-0.15, -0.1) is 0 Å². The Labute approximate surface area is 216 Å². The lowest BCUT2D eigenvalue weighted by Gasteiger charge is -2.36. The van der Waals surface area contributed by atoms with E-state index in [4.69, 9.17) is 9.47 Å². The smallest absolute Gasteiger partial charge is 0.257 e. The van der Waals surface area contributed by atoms with E-state index in [9.17, 15) is 18.4 Å². The molecule has 1 heterocycles. The molecule has 1 N–H and O–H groups in total. The zero-order valence-electron chi connectivity index (χ0n) is 21.8. The molecule has 1 aliphatic heterocycles. The second-order valence-electron chi connectivity index (χ2n) is 10.2. The normalized spacial score (nSPS) is 23.5. The molecule has 2 amide bonds. The number of nitrogens with one attached hydrogen (secondary N) is 1. The van der Waals surface area contributed by atoms with Crippen LogP contribution in [0.5, 0.6) is 5.75 Å². The predicted octanol–water partition coefficient (Wildman–Crippen LogP) is 4.32. The summed E-state index contributed by atoms with van der Waals surface area (Å²) in [6, 6.07) is 8.30. The van der Waals surface area contributed by atoms with E-state index in [1.54, 1.807) is 37.3 Å². The van der Waals surface area contributed by atoms with Crippen LogP contribution in [0.15, 0.2) is 36.4 Å². The monoisotopic (exact) mass is 515 g/mol. The molecule has 200 valence electrons. The molecule has 1 fully saturated rings. The van der Waals surface area contributed by atoms with E-state index in [0.717, 1.165) is 25.0 Å². The molecule has 0 bridgehead atoms. The maximum absolute atomic E-state index is 14.5. The van der Waals surface area contributed by atoms with Crippen molar-refractivity contribution in [2.24, 2.45) is 11.8 Å². The van der Waals surface area contributed by atoms with Gasteiger partial charge in [-0.25, -0.2) is 8.78 Å². The van der Waals surface area contributed by atoms with Crippen molar-refractivity contribution in [3.05, 3.63) is 59.2 Å². The Balaban J connectivity index is 1.64. The Morgan fingerprint density at radius 2 is 1.89 bits per heavy atom. The molecule has 0 aromatic heterocycles. The molecule has 1 saturated carbocycles. The van der Waals surface area contributed by atoms with E-state index in [1.807, 2.05) is 18.7 Å². The Bertz CT molecular complexity index is 1140. The molecular formula is C28H35F2N3O4. The van der Waals surface area contributed by atoms with Crippen LogP contribution in [0.2, 0.25) is 0 Å². The molecule has 0 unspecified atom stereocenters. The first-order valence-corrected chi connectivity index (χ1v) is 12.7. The minimum atomic E-state index is -0.493. The number of carbonyl (C=O) groups is 2. The van der Waals surface area contributed by atoms with Crippen LogP contribution in [0.3, 0.4) is 0 Å². The van der Waals surface area contributed by atoms with Crippen molar-refractivity contribution in [2.45, 2.75) is 45.4 Å². The van der Waals surface area contributed by atoms with Crippen LogP contribution in [0.4, 0.5) is 14.5 Å². The summed E-state index contributed by atoms with van der Waals surface area (Å²) in [6.07, 6.45) is 1.49. The van der Waals surface area contributed by atoms with Gasteiger partial charge in [-0.2, -0.15) is 0 Å². The average Bonchev–Trinajstić information content (AvgIpc) is 3.72. The fraction of sp³-hybridized carbons (Fsp3) is 0.500. The number of ether oxygens (including phenoxy) is 2. The zero-order valence-corrected chi connectivity index (χ0v) is 21.8. The number of rotatable bonds is 5. The van der Waals surface area contributed by atoms with Crippen molar-refractivity contribution in [1.82, 2.24) is 9.80 Å². The van der Waals surface area contributed by atoms with E-state index in [1.165, 1.54) is 6.07 Å². The average molecular weight is 516 g/mol. The number of anilines is 1. The van der Waals surface area contributed by atoms with Crippen molar-refractivity contribution in [2.75, 3.05) is 39.2 Å². The highest BCUT2D eigenvalue weighted by molar-refractivity contribution is 5.99. The standard InChI is InChI=1S/C28H35F2N3O4/c1-17-13-33(14-20-11-21(29)7-10-24(20)30)18(2)16-37-25-12-22(31-27(34)19-5-6-19)8-9-23(25)28(35)32(3)15-26(17)36-4/h7-12,17-19,26H,5-6,13-16H2,1-4H3,(H,31,34)/t17-,18-,26-/m0/s1. The summed E-state index contributed by atoms with van der Waals surface area (Å²) in [5.74, 6) is -0.827. The van der Waals surface area contributed by atoms with Gasteiger partial charge in [-0.05, 0) is 56.0 Å². The van der Waals surface area contributed by atoms with Crippen LogP contribution >= 0.6 is 0 Å². The first-order valence-electron chi connectivity index (χ1n) is 12.7. The van der Waals surface area contributed by atoms with Gasteiger partial charge in [-0.3, -0.25) is 14.5 Å². The number of halogens is 2. The minimum absolute atomic E-state index is 0.0155. The third-order valence-corrected chi connectivity index (χ3v) is 7.17. The Morgan fingerprint density at radius 3 is 2.59 bits per heavy atom. The summed E-state index contributed by atoms with van der Waals surface area (Å²) in [5, 5.41) is 2.90. The van der Waals surface area contributed by atoms with E-state index in [2.05, 4.69) is 5.32 Å². The maximum atomic E-state index is 14.5. The highest BCUT2D eigenvalue weighted by atomic mass is 19.1. The fourth-order valence-electron chi connectivity index (χ4n) is 4.62. The van der Waals surface area contributed by atoms with Crippen molar-refractivity contribution in [3.8, 4) is 5.75 Å². The molecule has 0 radical (unpaired) electrons. The number of hydrogen-bond donors (Lipinski definition) is 1. The second kappa shape index (κ2) is 11.6. The van der Waals surface area contributed by atoms with Crippen molar-refractivity contribution in [1.29, 1.82) is 0 Å². The molecule has 0 spiro atoms. The van der Waals surface area contributed by atoms with Crippen molar-refractivity contribution in [3.63, 3.8) is 0 Å². The van der Waals surface area contributed by atoms with Gasteiger partial charge >= 0.3 is 0 Å². The van der Waals surface area contributed by atoms with Crippen molar-refractivity contribution >= 4 is 17.5 Å². The zero-order chi connectivity index (χ0) is 26.7. The molecule has 2 aliphatic rings. The van der Waals surface area contributed by atoms with Crippen LogP contribution in [0.25, 0.3) is 0 Å². The summed E-state index contributed by atoms with van der Waals surface area (Å²) < 4.78 is 40.3.